The Balaban J connectivity index is 1.70. The van der Waals surface area contributed by atoms with E-state index in [1.165, 1.54) is 63.2 Å². The van der Waals surface area contributed by atoms with Gasteiger partial charge in [-0.2, -0.15) is 13.6 Å². The molecular formula is C20H29NO4S. The SMILES string of the molecule is COc1cc2c(cc1OS(N)(=O)=O)CC[C@@H]1[C@@H]2CC[C@]2(C)CCCC[C@@H]12. The van der Waals surface area contributed by atoms with Gasteiger partial charge in [-0.25, -0.2) is 0 Å². The van der Waals surface area contributed by atoms with E-state index in [2.05, 4.69) is 6.92 Å². The normalized spacial score (nSPS) is 33.6. The van der Waals surface area contributed by atoms with Crippen LogP contribution in [0.4, 0.5) is 0 Å². The molecule has 0 bridgehead atoms. The Bertz CT molecular complexity index is 806. The second kappa shape index (κ2) is 6.41. The zero-order chi connectivity index (χ0) is 18.5. The number of hydrogen-bond donors (Lipinski definition) is 1. The Morgan fingerprint density at radius 3 is 2.65 bits per heavy atom. The molecule has 4 atom stereocenters. The van der Waals surface area contributed by atoms with Gasteiger partial charge < -0.3 is 8.92 Å². The molecule has 0 aromatic heterocycles. The van der Waals surface area contributed by atoms with Gasteiger partial charge in [0.15, 0.2) is 11.5 Å². The minimum atomic E-state index is -4.06. The van der Waals surface area contributed by atoms with Crippen molar-refractivity contribution >= 4 is 10.3 Å². The summed E-state index contributed by atoms with van der Waals surface area (Å²) in [6, 6.07) is 3.82. The van der Waals surface area contributed by atoms with E-state index in [0.717, 1.165) is 18.3 Å². The number of fused-ring (bicyclic) bond motifs is 5. The highest BCUT2D eigenvalue weighted by Gasteiger charge is 2.48. The summed E-state index contributed by atoms with van der Waals surface area (Å²) in [5, 5.41) is 5.06. The number of rotatable bonds is 3. The van der Waals surface area contributed by atoms with Gasteiger partial charge in [0.2, 0.25) is 0 Å². The van der Waals surface area contributed by atoms with Crippen molar-refractivity contribution in [3.8, 4) is 11.5 Å². The Kier molecular flexibility index (Phi) is 4.47. The van der Waals surface area contributed by atoms with Crippen LogP contribution in [0.25, 0.3) is 0 Å². The molecule has 0 saturated heterocycles. The molecule has 0 heterocycles. The van der Waals surface area contributed by atoms with E-state index >= 15 is 0 Å². The fraction of sp³-hybridized carbons (Fsp3) is 0.700. The van der Waals surface area contributed by atoms with E-state index in [1.807, 2.05) is 12.1 Å². The number of nitrogens with two attached hydrogens (primary N) is 1. The molecule has 0 radical (unpaired) electrons. The molecule has 144 valence electrons. The fourth-order valence-corrected chi connectivity index (χ4v) is 6.47. The third-order valence-corrected chi connectivity index (χ3v) is 7.66. The molecule has 3 aliphatic carbocycles. The third-order valence-electron chi connectivity index (χ3n) is 7.25. The van der Waals surface area contributed by atoms with Crippen LogP contribution in [0.2, 0.25) is 0 Å². The predicted molar refractivity (Wildman–Crippen MR) is 101 cm³/mol. The van der Waals surface area contributed by atoms with Crippen molar-refractivity contribution in [2.24, 2.45) is 22.4 Å². The lowest BCUT2D eigenvalue weighted by Gasteiger charge is -2.54. The first-order chi connectivity index (χ1) is 12.3. The number of hydrogen-bond acceptors (Lipinski definition) is 4. The Labute approximate surface area is 156 Å². The summed E-state index contributed by atoms with van der Waals surface area (Å²) in [6.07, 6.45) is 10.1. The first kappa shape index (κ1) is 18.1. The molecule has 4 rings (SSSR count). The van der Waals surface area contributed by atoms with Crippen molar-refractivity contribution in [3.05, 3.63) is 23.3 Å². The van der Waals surface area contributed by atoms with Gasteiger partial charge in [0, 0.05) is 0 Å². The standard InChI is InChI=1S/C20H29NO4S/c1-20-9-4-3-5-17(20)15-7-6-13-11-19(25-26(21,22)23)18(24-2)12-16(13)14(15)8-10-20/h11-12,14-15,17H,3-10H2,1-2H3,(H2,21,22,23)/t14-,15+,17-,20-/m0/s1. The quantitative estimate of drug-likeness (QED) is 0.863. The molecule has 0 aliphatic heterocycles. The zero-order valence-corrected chi connectivity index (χ0v) is 16.5. The third kappa shape index (κ3) is 3.11. The second-order valence-electron chi connectivity index (χ2n) is 8.63. The highest BCUT2D eigenvalue weighted by Crippen LogP contribution is 2.60. The van der Waals surface area contributed by atoms with Gasteiger partial charge in [-0.15, -0.1) is 0 Å². The molecule has 0 spiro atoms. The van der Waals surface area contributed by atoms with Gasteiger partial charge >= 0.3 is 10.3 Å². The van der Waals surface area contributed by atoms with Crippen LogP contribution in [0.1, 0.15) is 68.9 Å². The lowest BCUT2D eigenvalue weighted by atomic mass is 9.51. The second-order valence-corrected chi connectivity index (χ2v) is 9.78. The molecule has 6 heteroatoms. The average Bonchev–Trinajstić information content (AvgIpc) is 2.58. The van der Waals surface area contributed by atoms with Gasteiger partial charge in [0.05, 0.1) is 7.11 Å². The molecule has 5 nitrogen and oxygen atoms in total. The maximum atomic E-state index is 11.4. The van der Waals surface area contributed by atoms with Crippen molar-refractivity contribution in [2.75, 3.05) is 7.11 Å². The van der Waals surface area contributed by atoms with E-state index in [-0.39, 0.29) is 5.75 Å². The maximum Gasteiger partial charge on any atom is 0.380 e. The van der Waals surface area contributed by atoms with Crippen LogP contribution in [0.3, 0.4) is 0 Å². The van der Waals surface area contributed by atoms with Crippen LogP contribution < -0.4 is 14.1 Å². The van der Waals surface area contributed by atoms with Crippen LogP contribution in [-0.4, -0.2) is 15.5 Å². The van der Waals surface area contributed by atoms with Gasteiger partial charge in [-0.1, -0.05) is 19.8 Å². The predicted octanol–water partition coefficient (Wildman–Crippen LogP) is 3.91. The van der Waals surface area contributed by atoms with Crippen LogP contribution in [0.5, 0.6) is 11.5 Å². The van der Waals surface area contributed by atoms with Gasteiger partial charge in [0.25, 0.3) is 0 Å². The lowest BCUT2D eigenvalue weighted by Crippen LogP contribution is -2.44. The summed E-state index contributed by atoms with van der Waals surface area (Å²) in [5.41, 5.74) is 3.02. The summed E-state index contributed by atoms with van der Waals surface area (Å²) >= 11 is 0. The lowest BCUT2D eigenvalue weighted by molar-refractivity contribution is -0.00427. The van der Waals surface area contributed by atoms with Crippen LogP contribution in [0, 0.1) is 17.3 Å². The molecule has 2 fully saturated rings. The Morgan fingerprint density at radius 1 is 1.12 bits per heavy atom. The highest BCUT2D eigenvalue weighted by molar-refractivity contribution is 7.84. The van der Waals surface area contributed by atoms with Crippen LogP contribution >= 0.6 is 0 Å². The van der Waals surface area contributed by atoms with E-state index in [4.69, 9.17) is 14.1 Å². The Morgan fingerprint density at radius 2 is 1.92 bits per heavy atom. The average molecular weight is 380 g/mol. The number of methoxy groups -OCH3 is 1. The largest absolute Gasteiger partial charge is 0.493 e. The number of ether oxygens (including phenoxy) is 1. The summed E-state index contributed by atoms with van der Waals surface area (Å²) in [5.74, 6) is 2.75. The van der Waals surface area contributed by atoms with E-state index in [9.17, 15) is 8.42 Å². The Hall–Kier alpha value is -1.27. The number of benzene rings is 1. The summed E-state index contributed by atoms with van der Waals surface area (Å²) < 4.78 is 33.1. The van der Waals surface area contributed by atoms with E-state index in [1.54, 1.807) is 0 Å². The first-order valence-electron chi connectivity index (χ1n) is 9.74. The van der Waals surface area contributed by atoms with Crippen LogP contribution in [0.15, 0.2) is 12.1 Å². The molecule has 26 heavy (non-hydrogen) atoms. The van der Waals surface area contributed by atoms with E-state index < -0.39 is 10.3 Å². The van der Waals surface area contributed by atoms with Crippen molar-refractivity contribution in [1.29, 1.82) is 0 Å². The van der Waals surface area contributed by atoms with Crippen LogP contribution in [-0.2, 0) is 16.7 Å². The first-order valence-corrected chi connectivity index (χ1v) is 11.2. The molecule has 1 aromatic carbocycles. The highest BCUT2D eigenvalue weighted by atomic mass is 32.2. The molecule has 1 aromatic rings. The van der Waals surface area contributed by atoms with Crippen molar-refractivity contribution in [1.82, 2.24) is 0 Å². The molecule has 0 amide bonds. The molecule has 0 unspecified atom stereocenters. The van der Waals surface area contributed by atoms with Crippen molar-refractivity contribution in [2.45, 2.75) is 64.2 Å². The topological polar surface area (TPSA) is 78.6 Å². The van der Waals surface area contributed by atoms with Gasteiger partial charge in [-0.3, -0.25) is 0 Å². The minimum Gasteiger partial charge on any atom is -0.493 e. The van der Waals surface area contributed by atoms with E-state index in [0.29, 0.717) is 17.1 Å². The zero-order valence-electron chi connectivity index (χ0n) is 15.7. The molecule has 3 aliphatic rings. The molecular weight excluding hydrogens is 350 g/mol. The maximum absolute atomic E-state index is 11.4. The smallest absolute Gasteiger partial charge is 0.380 e. The molecule has 2 N–H and O–H groups in total. The van der Waals surface area contributed by atoms with Crippen molar-refractivity contribution < 1.29 is 17.3 Å². The summed E-state index contributed by atoms with van der Waals surface area (Å²) in [4.78, 5) is 0. The summed E-state index contributed by atoms with van der Waals surface area (Å²) in [7, 11) is -2.52. The van der Waals surface area contributed by atoms with Crippen molar-refractivity contribution in [3.63, 3.8) is 0 Å². The number of aryl methyl sites for hydroxylation is 1. The monoisotopic (exact) mass is 379 g/mol. The molecule has 2 saturated carbocycles. The van der Waals surface area contributed by atoms with Gasteiger partial charge in [-0.05, 0) is 85.0 Å². The van der Waals surface area contributed by atoms with Gasteiger partial charge in [0.1, 0.15) is 0 Å². The summed E-state index contributed by atoms with van der Waals surface area (Å²) in [6.45, 7) is 2.51. The minimum absolute atomic E-state index is 0.200. The fourth-order valence-electron chi connectivity index (χ4n) is 6.09.